The highest BCUT2D eigenvalue weighted by Gasteiger charge is 2.13. The molecular formula is C28H25NO. The minimum atomic E-state index is 0.0704. The summed E-state index contributed by atoms with van der Waals surface area (Å²) in [7, 11) is 0. The molecule has 0 aliphatic rings. The van der Waals surface area contributed by atoms with Crippen molar-refractivity contribution in [2.45, 2.75) is 19.9 Å². The fourth-order valence-corrected chi connectivity index (χ4v) is 3.73. The Morgan fingerprint density at radius 2 is 1.30 bits per heavy atom. The Hall–Kier alpha value is -3.65. The standard InChI is InChI=1S/C28H25NO/c1-22-20-29(21-25-15-9-4-10-16-25)28(30)27(19-24-13-7-3-8-14-24)26(22)18-17-23-11-5-2-6-12-23/h2-18,20H,19,21H2,1H3/b18-17+. The average molecular weight is 392 g/mol. The summed E-state index contributed by atoms with van der Waals surface area (Å²) in [6.07, 6.45) is 6.76. The highest BCUT2D eigenvalue weighted by molar-refractivity contribution is 5.72. The van der Waals surface area contributed by atoms with Gasteiger partial charge in [0.05, 0.1) is 6.54 Å². The zero-order valence-electron chi connectivity index (χ0n) is 17.2. The first-order chi connectivity index (χ1) is 14.7. The van der Waals surface area contributed by atoms with Gasteiger partial charge in [0.15, 0.2) is 0 Å². The van der Waals surface area contributed by atoms with E-state index in [1.54, 1.807) is 0 Å². The number of hydrogen-bond acceptors (Lipinski definition) is 1. The van der Waals surface area contributed by atoms with Crippen LogP contribution in [0.25, 0.3) is 12.2 Å². The lowest BCUT2D eigenvalue weighted by Gasteiger charge is -2.15. The van der Waals surface area contributed by atoms with Crippen LogP contribution in [0.5, 0.6) is 0 Å². The van der Waals surface area contributed by atoms with Crippen molar-refractivity contribution in [3.8, 4) is 0 Å². The van der Waals surface area contributed by atoms with Gasteiger partial charge < -0.3 is 4.57 Å². The topological polar surface area (TPSA) is 22.0 Å². The molecular weight excluding hydrogens is 366 g/mol. The highest BCUT2D eigenvalue weighted by atomic mass is 16.1. The molecule has 0 atom stereocenters. The molecule has 2 nitrogen and oxygen atoms in total. The third-order valence-corrected chi connectivity index (χ3v) is 5.28. The molecule has 0 radical (unpaired) electrons. The van der Waals surface area contributed by atoms with Crippen molar-refractivity contribution in [1.29, 1.82) is 0 Å². The molecule has 0 unspecified atom stereocenters. The van der Waals surface area contributed by atoms with Gasteiger partial charge in [-0.15, -0.1) is 0 Å². The molecule has 1 heterocycles. The second kappa shape index (κ2) is 9.23. The van der Waals surface area contributed by atoms with Crippen molar-refractivity contribution in [1.82, 2.24) is 4.57 Å². The van der Waals surface area contributed by atoms with Crippen LogP contribution in [0, 0.1) is 6.92 Å². The number of hydrogen-bond donors (Lipinski definition) is 0. The third kappa shape index (κ3) is 4.66. The van der Waals surface area contributed by atoms with Crippen LogP contribution < -0.4 is 5.56 Å². The number of rotatable bonds is 6. The van der Waals surface area contributed by atoms with E-state index < -0.39 is 0 Å². The third-order valence-electron chi connectivity index (χ3n) is 5.28. The molecule has 0 N–H and O–H groups in total. The van der Waals surface area contributed by atoms with Crippen LogP contribution in [0.4, 0.5) is 0 Å². The smallest absolute Gasteiger partial charge is 0.255 e. The Balaban J connectivity index is 1.79. The van der Waals surface area contributed by atoms with Crippen LogP contribution in [-0.4, -0.2) is 4.57 Å². The van der Waals surface area contributed by atoms with Gasteiger partial charge in [0.2, 0.25) is 0 Å². The maximum Gasteiger partial charge on any atom is 0.255 e. The molecule has 2 heteroatoms. The van der Waals surface area contributed by atoms with Gasteiger partial charge in [0, 0.05) is 18.2 Å². The highest BCUT2D eigenvalue weighted by Crippen LogP contribution is 2.19. The summed E-state index contributed by atoms with van der Waals surface area (Å²) in [4.78, 5) is 13.5. The van der Waals surface area contributed by atoms with Gasteiger partial charge in [0.1, 0.15) is 0 Å². The second-order valence-electron chi connectivity index (χ2n) is 7.53. The quantitative estimate of drug-likeness (QED) is 0.397. The molecule has 0 saturated heterocycles. The van der Waals surface area contributed by atoms with Gasteiger partial charge in [-0.05, 0) is 34.7 Å². The molecule has 0 aliphatic carbocycles. The first-order valence-corrected chi connectivity index (χ1v) is 10.2. The fraction of sp³-hybridized carbons (Fsp3) is 0.107. The van der Waals surface area contributed by atoms with E-state index >= 15 is 0 Å². The average Bonchev–Trinajstić information content (AvgIpc) is 2.79. The van der Waals surface area contributed by atoms with Crippen molar-refractivity contribution in [2.24, 2.45) is 0 Å². The minimum absolute atomic E-state index is 0.0704. The Bertz CT molecular complexity index is 1190. The van der Waals surface area contributed by atoms with E-state index in [0.29, 0.717) is 13.0 Å². The molecule has 0 amide bonds. The first-order valence-electron chi connectivity index (χ1n) is 10.2. The van der Waals surface area contributed by atoms with Gasteiger partial charge in [-0.3, -0.25) is 4.79 Å². The molecule has 30 heavy (non-hydrogen) atoms. The lowest BCUT2D eigenvalue weighted by molar-refractivity contribution is 0.741. The van der Waals surface area contributed by atoms with E-state index in [9.17, 15) is 4.79 Å². The van der Waals surface area contributed by atoms with E-state index in [0.717, 1.165) is 33.4 Å². The summed E-state index contributed by atoms with van der Waals surface area (Å²) in [6.45, 7) is 2.66. The number of aromatic nitrogens is 1. The molecule has 1 aromatic heterocycles. The van der Waals surface area contributed by atoms with E-state index in [-0.39, 0.29) is 5.56 Å². The monoisotopic (exact) mass is 391 g/mol. The summed E-state index contributed by atoms with van der Waals surface area (Å²) >= 11 is 0. The lowest BCUT2D eigenvalue weighted by atomic mass is 9.97. The van der Waals surface area contributed by atoms with Crippen LogP contribution in [0.15, 0.2) is 102 Å². The number of pyridine rings is 1. The van der Waals surface area contributed by atoms with Crippen molar-refractivity contribution < 1.29 is 0 Å². The SMILES string of the molecule is Cc1cn(Cc2ccccc2)c(=O)c(Cc2ccccc2)c1/C=C/c1ccccc1. The fourth-order valence-electron chi connectivity index (χ4n) is 3.73. The van der Waals surface area contributed by atoms with Crippen molar-refractivity contribution in [3.05, 3.63) is 141 Å². The predicted molar refractivity (Wildman–Crippen MR) is 126 cm³/mol. The second-order valence-corrected chi connectivity index (χ2v) is 7.53. The Kier molecular flexibility index (Phi) is 6.05. The molecule has 4 aromatic rings. The molecule has 0 bridgehead atoms. The number of nitrogens with zero attached hydrogens (tertiary/aromatic N) is 1. The number of benzene rings is 3. The summed E-state index contributed by atoms with van der Waals surface area (Å²) < 4.78 is 1.84. The molecule has 0 fully saturated rings. The van der Waals surface area contributed by atoms with Crippen LogP contribution in [0.1, 0.15) is 33.4 Å². The van der Waals surface area contributed by atoms with Gasteiger partial charge in [-0.2, -0.15) is 0 Å². The number of aryl methyl sites for hydroxylation is 1. The maximum atomic E-state index is 13.5. The molecule has 0 saturated carbocycles. The molecule has 4 rings (SSSR count). The molecule has 148 valence electrons. The molecule has 0 aliphatic heterocycles. The zero-order valence-corrected chi connectivity index (χ0v) is 17.2. The Morgan fingerprint density at radius 1 is 0.733 bits per heavy atom. The van der Waals surface area contributed by atoms with E-state index in [1.807, 2.05) is 65.4 Å². The largest absolute Gasteiger partial charge is 0.311 e. The van der Waals surface area contributed by atoms with Crippen LogP contribution >= 0.6 is 0 Å². The minimum Gasteiger partial charge on any atom is -0.311 e. The van der Waals surface area contributed by atoms with E-state index in [2.05, 4.69) is 55.5 Å². The van der Waals surface area contributed by atoms with Gasteiger partial charge in [0.25, 0.3) is 5.56 Å². The first kappa shape index (κ1) is 19.7. The Labute approximate surface area is 177 Å². The Morgan fingerprint density at radius 3 is 1.93 bits per heavy atom. The molecule has 3 aromatic carbocycles. The summed E-state index contributed by atoms with van der Waals surface area (Å²) in [5.41, 5.74) is 6.40. The van der Waals surface area contributed by atoms with Crippen molar-refractivity contribution >= 4 is 12.2 Å². The summed E-state index contributed by atoms with van der Waals surface area (Å²) in [5, 5.41) is 0. The van der Waals surface area contributed by atoms with Crippen molar-refractivity contribution in [3.63, 3.8) is 0 Å². The molecule has 0 spiro atoms. The van der Waals surface area contributed by atoms with Crippen LogP contribution in [-0.2, 0) is 13.0 Å². The van der Waals surface area contributed by atoms with Gasteiger partial charge in [-0.1, -0.05) is 103 Å². The maximum absolute atomic E-state index is 13.5. The van der Waals surface area contributed by atoms with Crippen LogP contribution in [0.3, 0.4) is 0 Å². The van der Waals surface area contributed by atoms with E-state index in [1.165, 1.54) is 0 Å². The van der Waals surface area contributed by atoms with Gasteiger partial charge >= 0.3 is 0 Å². The van der Waals surface area contributed by atoms with E-state index in [4.69, 9.17) is 0 Å². The summed E-state index contributed by atoms with van der Waals surface area (Å²) in [5.74, 6) is 0. The van der Waals surface area contributed by atoms with Crippen LogP contribution in [0.2, 0.25) is 0 Å². The predicted octanol–water partition coefficient (Wildman–Crippen LogP) is 5.97. The van der Waals surface area contributed by atoms with Crippen molar-refractivity contribution in [2.75, 3.05) is 0 Å². The normalized spacial score (nSPS) is 11.1. The summed E-state index contributed by atoms with van der Waals surface area (Å²) in [6, 6.07) is 30.5. The lowest BCUT2D eigenvalue weighted by Crippen LogP contribution is -2.26. The van der Waals surface area contributed by atoms with Gasteiger partial charge in [-0.25, -0.2) is 0 Å². The zero-order chi connectivity index (χ0) is 20.8.